The Labute approximate surface area is 156 Å². The predicted molar refractivity (Wildman–Crippen MR) is 102 cm³/mol. The number of fused-ring (bicyclic) bond motifs is 1. The van der Waals surface area contributed by atoms with Gasteiger partial charge in [-0.05, 0) is 57.1 Å². The Morgan fingerprint density at radius 1 is 1.23 bits per heavy atom. The molecule has 26 heavy (non-hydrogen) atoms. The molecule has 138 valence electrons. The second-order valence-electron chi connectivity index (χ2n) is 7.06. The molecule has 4 N–H and O–H groups in total. The van der Waals surface area contributed by atoms with Crippen LogP contribution in [0.4, 0.5) is 5.00 Å². The molecule has 3 rings (SSSR count). The summed E-state index contributed by atoms with van der Waals surface area (Å²) in [6.45, 7) is 7.16. The van der Waals surface area contributed by atoms with Crippen molar-refractivity contribution in [1.82, 2.24) is 4.98 Å². The molecule has 0 fully saturated rings. The Morgan fingerprint density at radius 3 is 2.50 bits per heavy atom. The Morgan fingerprint density at radius 2 is 1.92 bits per heavy atom. The van der Waals surface area contributed by atoms with Gasteiger partial charge in [-0.1, -0.05) is 6.92 Å². The minimum Gasteiger partial charge on any atom is -0.365 e. The first-order valence-electron chi connectivity index (χ1n) is 8.66. The van der Waals surface area contributed by atoms with E-state index in [1.54, 1.807) is 13.8 Å². The Balaban J connectivity index is 1.97. The van der Waals surface area contributed by atoms with Gasteiger partial charge in [-0.15, -0.1) is 11.3 Å². The van der Waals surface area contributed by atoms with Crippen LogP contribution in [0.3, 0.4) is 0 Å². The number of carbonyl (C=O) groups excluding carboxylic acids is 3. The van der Waals surface area contributed by atoms with Crippen LogP contribution in [0.25, 0.3) is 0 Å². The molecule has 6 nitrogen and oxygen atoms in total. The lowest BCUT2D eigenvalue weighted by atomic mass is 9.88. The average Bonchev–Trinajstić information content (AvgIpc) is 3.03. The van der Waals surface area contributed by atoms with Crippen LogP contribution in [-0.2, 0) is 12.8 Å². The zero-order chi connectivity index (χ0) is 19.2. The molecule has 0 aliphatic heterocycles. The molecule has 2 aromatic heterocycles. The first-order chi connectivity index (χ1) is 12.2. The summed E-state index contributed by atoms with van der Waals surface area (Å²) in [6.07, 6.45) is 2.70. The first-order valence-corrected chi connectivity index (χ1v) is 9.48. The van der Waals surface area contributed by atoms with Gasteiger partial charge in [0.25, 0.3) is 11.8 Å². The van der Waals surface area contributed by atoms with E-state index in [0.29, 0.717) is 39.0 Å². The van der Waals surface area contributed by atoms with E-state index in [1.807, 2.05) is 0 Å². The van der Waals surface area contributed by atoms with Gasteiger partial charge in [-0.3, -0.25) is 14.4 Å². The monoisotopic (exact) mass is 373 g/mol. The molecule has 0 saturated heterocycles. The van der Waals surface area contributed by atoms with Crippen molar-refractivity contribution >= 4 is 33.9 Å². The standard InChI is InChI=1S/C19H23N3O3S/c1-8-5-6-12-13(7-8)26-19(15(12)17(20)24)22-18(25)16-9(2)14(11(4)23)10(3)21-16/h8,21H,5-7H2,1-4H3,(H2,20,24)(H,22,25). The van der Waals surface area contributed by atoms with E-state index in [0.717, 1.165) is 29.7 Å². The lowest BCUT2D eigenvalue weighted by Gasteiger charge is -2.18. The van der Waals surface area contributed by atoms with Crippen molar-refractivity contribution in [3.63, 3.8) is 0 Å². The third-order valence-corrected chi connectivity index (χ3v) is 6.17. The zero-order valence-electron chi connectivity index (χ0n) is 15.4. The smallest absolute Gasteiger partial charge is 0.273 e. The molecule has 0 spiro atoms. The summed E-state index contributed by atoms with van der Waals surface area (Å²) in [6, 6.07) is 0. The number of Topliss-reactive ketones (excluding diaryl/α,β-unsaturated/α-hetero) is 1. The van der Waals surface area contributed by atoms with E-state index in [1.165, 1.54) is 18.3 Å². The van der Waals surface area contributed by atoms with Gasteiger partial charge in [-0.2, -0.15) is 0 Å². The number of amides is 2. The van der Waals surface area contributed by atoms with Crippen molar-refractivity contribution in [3.05, 3.63) is 38.5 Å². The number of hydrogen-bond donors (Lipinski definition) is 3. The van der Waals surface area contributed by atoms with Gasteiger partial charge >= 0.3 is 0 Å². The molecular weight excluding hydrogens is 350 g/mol. The van der Waals surface area contributed by atoms with E-state index in [-0.39, 0.29) is 11.7 Å². The normalized spacial score (nSPS) is 16.2. The highest BCUT2D eigenvalue weighted by molar-refractivity contribution is 7.17. The number of aromatic nitrogens is 1. The van der Waals surface area contributed by atoms with E-state index in [9.17, 15) is 14.4 Å². The van der Waals surface area contributed by atoms with Crippen LogP contribution in [-0.4, -0.2) is 22.6 Å². The molecule has 1 aliphatic rings. The molecule has 2 amide bonds. The number of nitrogens with one attached hydrogen (secondary N) is 2. The quantitative estimate of drug-likeness (QED) is 0.716. The number of primary amides is 1. The van der Waals surface area contributed by atoms with Crippen LogP contribution in [0.2, 0.25) is 0 Å². The molecular formula is C19H23N3O3S. The lowest BCUT2D eigenvalue weighted by molar-refractivity contribution is 0.0995. The summed E-state index contributed by atoms with van der Waals surface area (Å²) in [4.78, 5) is 40.7. The summed E-state index contributed by atoms with van der Waals surface area (Å²) in [7, 11) is 0. The number of hydrogen-bond acceptors (Lipinski definition) is 4. The van der Waals surface area contributed by atoms with Crippen LogP contribution in [0.1, 0.15) is 73.2 Å². The highest BCUT2D eigenvalue weighted by Gasteiger charge is 2.28. The van der Waals surface area contributed by atoms with Crippen LogP contribution in [0.15, 0.2) is 0 Å². The van der Waals surface area contributed by atoms with Gasteiger partial charge in [0.2, 0.25) is 0 Å². The molecule has 1 atom stereocenters. The summed E-state index contributed by atoms with van der Waals surface area (Å²) in [5.41, 5.74) is 9.14. The Kier molecular flexibility index (Phi) is 4.75. The number of anilines is 1. The number of carbonyl (C=O) groups is 3. The van der Waals surface area contributed by atoms with Crippen molar-refractivity contribution in [2.45, 2.75) is 47.0 Å². The maximum Gasteiger partial charge on any atom is 0.273 e. The lowest BCUT2D eigenvalue weighted by Crippen LogP contribution is -2.20. The van der Waals surface area contributed by atoms with Crippen LogP contribution < -0.4 is 11.1 Å². The molecule has 0 saturated carbocycles. The Hall–Kier alpha value is -2.41. The largest absolute Gasteiger partial charge is 0.365 e. The molecule has 1 aliphatic carbocycles. The average molecular weight is 373 g/mol. The van der Waals surface area contributed by atoms with Gasteiger partial charge in [0.05, 0.1) is 5.56 Å². The molecule has 0 radical (unpaired) electrons. The number of aromatic amines is 1. The van der Waals surface area contributed by atoms with Gasteiger partial charge in [0, 0.05) is 16.1 Å². The van der Waals surface area contributed by atoms with E-state index in [4.69, 9.17) is 5.73 Å². The first kappa shape index (κ1) is 18.4. The maximum atomic E-state index is 12.8. The van der Waals surface area contributed by atoms with E-state index in [2.05, 4.69) is 17.2 Å². The fraction of sp³-hybridized carbons (Fsp3) is 0.421. The summed E-state index contributed by atoms with van der Waals surface area (Å²) in [5.74, 6) is -0.422. The summed E-state index contributed by atoms with van der Waals surface area (Å²) >= 11 is 1.43. The van der Waals surface area contributed by atoms with Crippen molar-refractivity contribution < 1.29 is 14.4 Å². The zero-order valence-corrected chi connectivity index (χ0v) is 16.2. The highest BCUT2D eigenvalue weighted by Crippen LogP contribution is 2.39. The topological polar surface area (TPSA) is 105 Å². The fourth-order valence-corrected chi connectivity index (χ4v) is 5.18. The highest BCUT2D eigenvalue weighted by atomic mass is 32.1. The number of aryl methyl sites for hydroxylation is 1. The third-order valence-electron chi connectivity index (χ3n) is 5.00. The van der Waals surface area contributed by atoms with Crippen LogP contribution >= 0.6 is 11.3 Å². The van der Waals surface area contributed by atoms with Gasteiger partial charge in [0.1, 0.15) is 10.7 Å². The van der Waals surface area contributed by atoms with Crippen LogP contribution in [0.5, 0.6) is 0 Å². The van der Waals surface area contributed by atoms with Gasteiger partial charge in [0.15, 0.2) is 5.78 Å². The molecule has 2 aromatic rings. The SMILES string of the molecule is CC(=O)c1c(C)[nH]c(C(=O)Nc2sc3c(c2C(N)=O)CCC(C)C3)c1C. The molecule has 2 heterocycles. The Bertz CT molecular complexity index is 923. The number of ketones is 1. The summed E-state index contributed by atoms with van der Waals surface area (Å²) < 4.78 is 0. The number of nitrogens with two attached hydrogens (primary N) is 1. The summed E-state index contributed by atoms with van der Waals surface area (Å²) in [5, 5.41) is 3.33. The minimum absolute atomic E-state index is 0.0892. The molecule has 1 unspecified atom stereocenters. The number of H-pyrrole nitrogens is 1. The van der Waals surface area contributed by atoms with Gasteiger partial charge in [-0.25, -0.2) is 0 Å². The second kappa shape index (κ2) is 6.72. The second-order valence-corrected chi connectivity index (χ2v) is 8.16. The van der Waals surface area contributed by atoms with Gasteiger partial charge < -0.3 is 16.0 Å². The molecule has 7 heteroatoms. The van der Waals surface area contributed by atoms with E-state index < -0.39 is 5.91 Å². The number of thiophene rings is 1. The van der Waals surface area contributed by atoms with Crippen molar-refractivity contribution in [1.29, 1.82) is 0 Å². The fourth-order valence-electron chi connectivity index (χ4n) is 3.77. The number of rotatable bonds is 4. The minimum atomic E-state index is -0.517. The van der Waals surface area contributed by atoms with Crippen molar-refractivity contribution in [2.24, 2.45) is 11.7 Å². The van der Waals surface area contributed by atoms with Crippen molar-refractivity contribution in [2.75, 3.05) is 5.32 Å². The van der Waals surface area contributed by atoms with Crippen LogP contribution in [0, 0.1) is 19.8 Å². The van der Waals surface area contributed by atoms with E-state index >= 15 is 0 Å². The van der Waals surface area contributed by atoms with Crippen molar-refractivity contribution in [3.8, 4) is 0 Å². The predicted octanol–water partition coefficient (Wildman–Crippen LogP) is 3.37. The third kappa shape index (κ3) is 3.07. The molecule has 0 bridgehead atoms. The molecule has 0 aromatic carbocycles. The maximum absolute atomic E-state index is 12.8.